The number of benzene rings is 1. The Morgan fingerprint density at radius 2 is 1.76 bits per heavy atom. The molecule has 7 heteroatoms. The zero-order chi connectivity index (χ0) is 11.6. The molecule has 0 aliphatic heterocycles. The third-order valence-corrected chi connectivity index (χ3v) is 2.42. The molecule has 1 aromatic rings. The first-order chi connectivity index (χ1) is 6.79. The summed E-state index contributed by atoms with van der Waals surface area (Å²) in [5, 5.41) is 0. The first kappa shape index (κ1) is 20.5. The fourth-order valence-corrected chi connectivity index (χ4v) is 1.72. The Morgan fingerprint density at radius 1 is 1.24 bits per heavy atom. The maximum absolute atomic E-state index is 10.5. The molecule has 0 unspecified atom stereocenters. The van der Waals surface area contributed by atoms with E-state index in [-0.39, 0.29) is 70.8 Å². The van der Waals surface area contributed by atoms with Crippen molar-refractivity contribution in [3.05, 3.63) is 29.3 Å². The van der Waals surface area contributed by atoms with Crippen LogP contribution in [-0.4, -0.2) is 0 Å². The molecule has 1 rings (SSSR count). The number of phosphoric ester groups is 1. The van der Waals surface area contributed by atoms with Crippen molar-refractivity contribution in [2.75, 3.05) is 0 Å². The van der Waals surface area contributed by atoms with Gasteiger partial charge >= 0.3 is 59.1 Å². The number of aryl methyl sites for hydroxylation is 1. The van der Waals surface area contributed by atoms with Gasteiger partial charge in [-0.2, -0.15) is 0 Å². The molecule has 17 heavy (non-hydrogen) atoms. The van der Waals surface area contributed by atoms with Gasteiger partial charge in [0.15, 0.2) is 0 Å². The van der Waals surface area contributed by atoms with Crippen LogP contribution in [0.5, 0.6) is 5.75 Å². The van der Waals surface area contributed by atoms with E-state index >= 15 is 0 Å². The number of hydrogen-bond donors (Lipinski definition) is 0. The molecular weight excluding hydrogens is 261 g/mol. The van der Waals surface area contributed by atoms with Crippen molar-refractivity contribution in [1.82, 2.24) is 0 Å². The van der Waals surface area contributed by atoms with Gasteiger partial charge in [0.2, 0.25) is 0 Å². The van der Waals surface area contributed by atoms with Crippen molar-refractivity contribution in [1.29, 1.82) is 0 Å². The predicted molar refractivity (Wildman–Crippen MR) is 53.5 cm³/mol. The van der Waals surface area contributed by atoms with Crippen LogP contribution in [-0.2, 0) is 4.57 Å². The minimum absolute atomic E-state index is 0. The number of rotatable bonds is 3. The molecule has 0 fully saturated rings. The average Bonchev–Trinajstić information content (AvgIpc) is 1.99. The van der Waals surface area contributed by atoms with Crippen molar-refractivity contribution in [2.45, 2.75) is 26.7 Å². The maximum atomic E-state index is 10.5. The molecule has 0 amide bonds. The predicted octanol–water partition coefficient (Wildman–Crippen LogP) is -4.67. The topological polar surface area (TPSA) is 72.4 Å². The summed E-state index contributed by atoms with van der Waals surface area (Å²) in [6.45, 7) is 5.60. The molecule has 0 radical (unpaired) electrons. The molecule has 1 aromatic carbocycles. The van der Waals surface area contributed by atoms with Crippen LogP contribution >= 0.6 is 7.82 Å². The normalized spacial score (nSPS) is 10.5. The standard InChI is InChI=1S/C10H15O4P.2Na/c1-7(2)9-5-4-8(3)6-10(9)14-15(11,12)13;;/h4-7H,1-3H3,(H2,11,12,13);;/q;2*+1/p-2. The fraction of sp³-hybridized carbons (Fsp3) is 0.400. The Kier molecular flexibility index (Phi) is 10.1. The summed E-state index contributed by atoms with van der Waals surface area (Å²) in [6, 6.07) is 5.17. The summed E-state index contributed by atoms with van der Waals surface area (Å²) in [7, 11) is -4.97. The molecule has 0 saturated carbocycles. The van der Waals surface area contributed by atoms with Crippen LogP contribution in [0, 0.1) is 6.92 Å². The summed E-state index contributed by atoms with van der Waals surface area (Å²) in [5.41, 5.74) is 1.57. The van der Waals surface area contributed by atoms with E-state index in [0.717, 1.165) is 5.56 Å². The van der Waals surface area contributed by atoms with Gasteiger partial charge in [-0.25, -0.2) is 0 Å². The second-order valence-corrected chi connectivity index (χ2v) is 4.81. The minimum atomic E-state index is -4.97. The fourth-order valence-electron chi connectivity index (χ4n) is 1.32. The molecule has 0 aliphatic carbocycles. The van der Waals surface area contributed by atoms with Crippen LogP contribution in [0.25, 0.3) is 0 Å². The minimum Gasteiger partial charge on any atom is -0.780 e. The second-order valence-electron chi connectivity index (χ2n) is 3.73. The van der Waals surface area contributed by atoms with Gasteiger partial charge in [0, 0.05) is 0 Å². The van der Waals surface area contributed by atoms with Crippen LogP contribution in [0.2, 0.25) is 0 Å². The Bertz CT molecular complexity index is 403. The third kappa shape index (κ3) is 7.36. The molecule has 0 saturated heterocycles. The van der Waals surface area contributed by atoms with Crippen molar-refractivity contribution < 1.29 is 78.0 Å². The van der Waals surface area contributed by atoms with Gasteiger partial charge < -0.3 is 18.9 Å². The van der Waals surface area contributed by atoms with Gasteiger partial charge in [0.1, 0.15) is 13.6 Å². The van der Waals surface area contributed by atoms with Crippen LogP contribution in [0.1, 0.15) is 30.9 Å². The largest absolute Gasteiger partial charge is 1.00 e. The number of phosphoric acid groups is 1. The van der Waals surface area contributed by atoms with Crippen molar-refractivity contribution in [2.24, 2.45) is 0 Å². The number of hydrogen-bond acceptors (Lipinski definition) is 4. The third-order valence-electron chi connectivity index (χ3n) is 2.00. The van der Waals surface area contributed by atoms with E-state index in [9.17, 15) is 14.4 Å². The van der Waals surface area contributed by atoms with Crippen molar-refractivity contribution in [3.63, 3.8) is 0 Å². The van der Waals surface area contributed by atoms with Crippen LogP contribution in [0.4, 0.5) is 0 Å². The molecule has 0 spiro atoms. The average molecular weight is 274 g/mol. The molecule has 0 atom stereocenters. The van der Waals surface area contributed by atoms with E-state index in [4.69, 9.17) is 0 Å². The quantitative estimate of drug-likeness (QED) is 0.410. The van der Waals surface area contributed by atoms with Crippen molar-refractivity contribution in [3.8, 4) is 5.75 Å². The van der Waals surface area contributed by atoms with Gasteiger partial charge in [-0.15, -0.1) is 0 Å². The Labute approximate surface area is 146 Å². The van der Waals surface area contributed by atoms with Crippen LogP contribution in [0.3, 0.4) is 0 Å². The Balaban J connectivity index is 0. The summed E-state index contributed by atoms with van der Waals surface area (Å²) in [6.07, 6.45) is 0. The first-order valence-electron chi connectivity index (χ1n) is 4.62. The van der Waals surface area contributed by atoms with E-state index in [1.165, 1.54) is 0 Å². The van der Waals surface area contributed by atoms with Crippen LogP contribution < -0.4 is 73.4 Å². The summed E-state index contributed by atoms with van der Waals surface area (Å²) >= 11 is 0. The van der Waals surface area contributed by atoms with Gasteiger partial charge in [0.25, 0.3) is 0 Å². The Morgan fingerprint density at radius 3 is 2.18 bits per heavy atom. The molecular formula is C10H13Na2O4P. The first-order valence-corrected chi connectivity index (χ1v) is 6.08. The molecule has 0 aromatic heterocycles. The zero-order valence-corrected chi connectivity index (χ0v) is 15.8. The summed E-state index contributed by atoms with van der Waals surface area (Å²) in [5.74, 6) is 0.241. The van der Waals surface area contributed by atoms with Crippen LogP contribution in [0.15, 0.2) is 18.2 Å². The van der Waals surface area contributed by atoms with Gasteiger partial charge in [0.05, 0.1) is 0 Å². The molecule has 84 valence electrons. The van der Waals surface area contributed by atoms with E-state index in [0.29, 0.717) is 5.56 Å². The SMILES string of the molecule is Cc1ccc(C(C)C)c(OP(=O)([O-])[O-])c1.[Na+].[Na+]. The second kappa shape index (κ2) is 8.36. The maximum Gasteiger partial charge on any atom is 1.00 e. The molecule has 0 aliphatic rings. The smallest absolute Gasteiger partial charge is 0.780 e. The van der Waals surface area contributed by atoms with E-state index < -0.39 is 7.82 Å². The van der Waals surface area contributed by atoms with Gasteiger partial charge in [-0.1, -0.05) is 26.0 Å². The monoisotopic (exact) mass is 274 g/mol. The molecule has 4 nitrogen and oxygen atoms in total. The summed E-state index contributed by atoms with van der Waals surface area (Å²) < 4.78 is 15.0. The van der Waals surface area contributed by atoms with E-state index in [1.54, 1.807) is 19.1 Å². The molecule has 0 bridgehead atoms. The Hall–Kier alpha value is 1.17. The molecule has 0 heterocycles. The van der Waals surface area contributed by atoms with Crippen molar-refractivity contribution >= 4 is 7.82 Å². The molecule has 0 N–H and O–H groups in total. The van der Waals surface area contributed by atoms with E-state index in [1.807, 2.05) is 19.9 Å². The van der Waals surface area contributed by atoms with E-state index in [2.05, 4.69) is 4.52 Å². The summed E-state index contributed by atoms with van der Waals surface area (Å²) in [4.78, 5) is 21.1. The zero-order valence-electron chi connectivity index (χ0n) is 10.9. The van der Waals surface area contributed by atoms with Gasteiger partial charge in [-0.3, -0.25) is 0 Å². The van der Waals surface area contributed by atoms with Gasteiger partial charge in [-0.05, 0) is 30.0 Å².